The number of anilines is 2. The standard InChI is InChI=1S/C27H29N7O5/c1-4-39-25(35)18-5-8-20(9-6-18)31-27(36)33-13-11-32(12-14-33)24-21(16-28-26-29-17-30-34(24)26)19-7-10-22(37-2)23(15-19)38-3/h5-10,15-17H,4,11-14H2,1-3H3,(H,31,36). The zero-order valence-electron chi connectivity index (χ0n) is 22.0. The molecule has 0 spiro atoms. The fourth-order valence-electron chi connectivity index (χ4n) is 4.51. The number of aromatic nitrogens is 4. The van der Waals surface area contributed by atoms with Gasteiger partial charge in [0.15, 0.2) is 11.5 Å². The molecule has 2 aromatic carbocycles. The number of urea groups is 1. The number of carbonyl (C=O) groups excluding carboxylic acids is 2. The van der Waals surface area contributed by atoms with Crippen LogP contribution >= 0.6 is 0 Å². The van der Waals surface area contributed by atoms with Crippen molar-refractivity contribution in [1.29, 1.82) is 0 Å². The van der Waals surface area contributed by atoms with Gasteiger partial charge in [0.25, 0.3) is 5.78 Å². The zero-order valence-corrected chi connectivity index (χ0v) is 22.0. The molecule has 1 aliphatic rings. The van der Waals surface area contributed by atoms with Gasteiger partial charge in [-0.1, -0.05) is 6.07 Å². The lowest BCUT2D eigenvalue weighted by molar-refractivity contribution is 0.0526. The number of nitrogens with zero attached hydrogens (tertiary/aromatic N) is 6. The summed E-state index contributed by atoms with van der Waals surface area (Å²) in [6.07, 6.45) is 3.25. The van der Waals surface area contributed by atoms with Gasteiger partial charge >= 0.3 is 12.0 Å². The number of nitrogens with one attached hydrogen (secondary N) is 1. The Morgan fingerprint density at radius 3 is 2.38 bits per heavy atom. The number of piperazine rings is 1. The van der Waals surface area contributed by atoms with Gasteiger partial charge in [-0.2, -0.15) is 14.6 Å². The molecule has 0 aliphatic carbocycles. The molecule has 0 radical (unpaired) electrons. The van der Waals surface area contributed by atoms with Crippen molar-refractivity contribution in [3.05, 3.63) is 60.6 Å². The Morgan fingerprint density at radius 1 is 0.949 bits per heavy atom. The fourth-order valence-corrected chi connectivity index (χ4v) is 4.51. The molecule has 1 aliphatic heterocycles. The van der Waals surface area contributed by atoms with E-state index in [9.17, 15) is 9.59 Å². The molecule has 1 N–H and O–H groups in total. The summed E-state index contributed by atoms with van der Waals surface area (Å²) in [7, 11) is 3.20. The number of methoxy groups -OCH3 is 2. The predicted molar refractivity (Wildman–Crippen MR) is 145 cm³/mol. The number of carbonyl (C=O) groups is 2. The van der Waals surface area contributed by atoms with Crippen molar-refractivity contribution in [1.82, 2.24) is 24.5 Å². The molecule has 0 atom stereocenters. The van der Waals surface area contributed by atoms with E-state index in [1.54, 1.807) is 61.0 Å². The lowest BCUT2D eigenvalue weighted by atomic mass is 10.1. The summed E-state index contributed by atoms with van der Waals surface area (Å²) in [5, 5.41) is 7.32. The van der Waals surface area contributed by atoms with Crippen LogP contribution < -0.4 is 19.7 Å². The van der Waals surface area contributed by atoms with E-state index in [2.05, 4.69) is 25.3 Å². The Morgan fingerprint density at radius 2 is 1.69 bits per heavy atom. The van der Waals surface area contributed by atoms with Crippen molar-refractivity contribution in [2.75, 3.05) is 57.2 Å². The molecule has 0 bridgehead atoms. The maximum atomic E-state index is 13.0. The molecular formula is C27H29N7O5. The normalized spacial score (nSPS) is 13.3. The van der Waals surface area contributed by atoms with Crippen LogP contribution in [0.15, 0.2) is 55.0 Å². The maximum absolute atomic E-state index is 13.0. The third kappa shape index (κ3) is 5.26. The van der Waals surface area contributed by atoms with Crippen LogP contribution in [0.1, 0.15) is 17.3 Å². The third-order valence-corrected chi connectivity index (χ3v) is 6.49. The lowest BCUT2D eigenvalue weighted by Crippen LogP contribution is -2.50. The van der Waals surface area contributed by atoms with Crippen molar-refractivity contribution in [2.24, 2.45) is 0 Å². The Hall–Kier alpha value is -4.87. The van der Waals surface area contributed by atoms with Crippen LogP contribution in [0, 0.1) is 0 Å². The molecule has 202 valence electrons. The molecule has 0 saturated carbocycles. The molecule has 0 unspecified atom stereocenters. The Kier molecular flexibility index (Phi) is 7.43. The molecule has 12 heteroatoms. The van der Waals surface area contributed by atoms with Crippen molar-refractivity contribution < 1.29 is 23.8 Å². The highest BCUT2D eigenvalue weighted by Gasteiger charge is 2.26. The second kappa shape index (κ2) is 11.3. The first-order valence-corrected chi connectivity index (χ1v) is 12.5. The Labute approximate surface area is 225 Å². The molecule has 1 saturated heterocycles. The van der Waals surface area contributed by atoms with Crippen LogP contribution in [-0.2, 0) is 4.74 Å². The highest BCUT2D eigenvalue weighted by molar-refractivity contribution is 5.92. The van der Waals surface area contributed by atoms with Crippen LogP contribution in [0.4, 0.5) is 16.3 Å². The van der Waals surface area contributed by atoms with Gasteiger partial charge in [-0.3, -0.25) is 0 Å². The number of hydrogen-bond donors (Lipinski definition) is 1. The summed E-state index contributed by atoms with van der Waals surface area (Å²) in [5.74, 6) is 2.17. The van der Waals surface area contributed by atoms with Gasteiger partial charge in [-0.05, 0) is 48.9 Å². The van der Waals surface area contributed by atoms with Crippen molar-refractivity contribution >= 4 is 29.3 Å². The highest BCUT2D eigenvalue weighted by atomic mass is 16.5. The van der Waals surface area contributed by atoms with E-state index in [4.69, 9.17) is 14.2 Å². The zero-order chi connectivity index (χ0) is 27.4. The third-order valence-electron chi connectivity index (χ3n) is 6.49. The maximum Gasteiger partial charge on any atom is 0.338 e. The van der Waals surface area contributed by atoms with Crippen LogP contribution in [0.5, 0.6) is 11.5 Å². The van der Waals surface area contributed by atoms with E-state index in [0.29, 0.717) is 61.3 Å². The van der Waals surface area contributed by atoms with Crippen LogP contribution in [0.2, 0.25) is 0 Å². The highest BCUT2D eigenvalue weighted by Crippen LogP contribution is 2.36. The van der Waals surface area contributed by atoms with Crippen LogP contribution in [0.3, 0.4) is 0 Å². The molecule has 39 heavy (non-hydrogen) atoms. The average molecular weight is 532 g/mol. The monoisotopic (exact) mass is 531 g/mol. The van der Waals surface area contributed by atoms with Gasteiger partial charge in [0.1, 0.15) is 12.1 Å². The molecule has 3 heterocycles. The summed E-state index contributed by atoms with van der Waals surface area (Å²) in [5.41, 5.74) is 2.78. The number of ether oxygens (including phenoxy) is 3. The molecule has 4 aromatic rings. The van der Waals surface area contributed by atoms with Crippen molar-refractivity contribution in [2.45, 2.75) is 6.92 Å². The molecule has 2 amide bonds. The van der Waals surface area contributed by atoms with Gasteiger partial charge < -0.3 is 29.3 Å². The summed E-state index contributed by atoms with van der Waals surface area (Å²) >= 11 is 0. The van der Waals surface area contributed by atoms with E-state index in [0.717, 1.165) is 16.9 Å². The summed E-state index contributed by atoms with van der Waals surface area (Å²) in [6, 6.07) is 12.1. The van der Waals surface area contributed by atoms with Gasteiger partial charge in [0, 0.05) is 43.6 Å². The van der Waals surface area contributed by atoms with Gasteiger partial charge in [0.2, 0.25) is 0 Å². The van der Waals surface area contributed by atoms with E-state index in [1.807, 2.05) is 18.2 Å². The smallest absolute Gasteiger partial charge is 0.338 e. The Balaban J connectivity index is 1.32. The van der Waals surface area contributed by atoms with E-state index < -0.39 is 5.97 Å². The number of benzene rings is 2. The number of fused-ring (bicyclic) bond motifs is 1. The topological polar surface area (TPSA) is 123 Å². The second-order valence-electron chi connectivity index (χ2n) is 8.74. The average Bonchev–Trinajstić information content (AvgIpc) is 3.46. The van der Waals surface area contributed by atoms with Crippen LogP contribution in [0.25, 0.3) is 16.9 Å². The van der Waals surface area contributed by atoms with Gasteiger partial charge in [0.05, 0.1) is 26.4 Å². The van der Waals surface area contributed by atoms with Gasteiger partial charge in [-0.25, -0.2) is 14.6 Å². The quantitative estimate of drug-likeness (QED) is 0.358. The Bertz CT molecular complexity index is 1480. The number of hydrogen-bond acceptors (Lipinski definition) is 9. The van der Waals surface area contributed by atoms with Gasteiger partial charge in [-0.15, -0.1) is 0 Å². The summed E-state index contributed by atoms with van der Waals surface area (Å²) in [6.45, 7) is 4.21. The molecule has 12 nitrogen and oxygen atoms in total. The lowest BCUT2D eigenvalue weighted by Gasteiger charge is -2.36. The first-order valence-electron chi connectivity index (χ1n) is 12.5. The predicted octanol–water partition coefficient (Wildman–Crippen LogP) is 3.34. The molecule has 5 rings (SSSR count). The molecule has 1 fully saturated rings. The number of rotatable bonds is 7. The van der Waals surface area contributed by atoms with E-state index in [1.165, 1.54) is 6.33 Å². The first-order chi connectivity index (χ1) is 19.0. The molecule has 2 aromatic heterocycles. The minimum absolute atomic E-state index is 0.209. The largest absolute Gasteiger partial charge is 0.493 e. The second-order valence-corrected chi connectivity index (χ2v) is 8.74. The van der Waals surface area contributed by atoms with Crippen LogP contribution in [-0.4, -0.2) is 83.5 Å². The van der Waals surface area contributed by atoms with E-state index >= 15 is 0 Å². The first kappa shape index (κ1) is 25.8. The minimum atomic E-state index is -0.392. The van der Waals surface area contributed by atoms with Crippen molar-refractivity contribution in [3.8, 4) is 22.6 Å². The summed E-state index contributed by atoms with van der Waals surface area (Å²) in [4.78, 5) is 37.5. The number of amides is 2. The SMILES string of the molecule is CCOC(=O)c1ccc(NC(=O)N2CCN(c3c(-c4ccc(OC)c(OC)c4)cnc4ncnn34)CC2)cc1. The molecular weight excluding hydrogens is 502 g/mol. The van der Waals surface area contributed by atoms with Crippen molar-refractivity contribution in [3.63, 3.8) is 0 Å². The minimum Gasteiger partial charge on any atom is -0.493 e. The number of esters is 1. The fraction of sp³-hybridized carbons (Fsp3) is 0.296. The summed E-state index contributed by atoms with van der Waals surface area (Å²) < 4.78 is 17.6. The van der Waals surface area contributed by atoms with E-state index in [-0.39, 0.29) is 6.03 Å².